The van der Waals surface area contributed by atoms with Crippen LogP contribution in [0.15, 0.2) is 70.4 Å². The summed E-state index contributed by atoms with van der Waals surface area (Å²) >= 11 is 0. The van der Waals surface area contributed by atoms with E-state index in [1.807, 2.05) is 24.3 Å². The van der Waals surface area contributed by atoms with Crippen molar-refractivity contribution in [3.63, 3.8) is 0 Å². The van der Waals surface area contributed by atoms with E-state index >= 15 is 0 Å². The molecule has 1 aliphatic rings. The molecule has 0 amide bonds. The minimum Gasteiger partial charge on any atom is -0.493 e. The van der Waals surface area contributed by atoms with E-state index in [2.05, 4.69) is 4.98 Å². The maximum Gasteiger partial charge on any atom is 0.328 e. The van der Waals surface area contributed by atoms with Crippen molar-refractivity contribution < 1.29 is 17.5 Å². The van der Waals surface area contributed by atoms with Crippen molar-refractivity contribution >= 4 is 9.84 Å². The van der Waals surface area contributed by atoms with Gasteiger partial charge in [-0.3, -0.25) is 9.78 Å². The second-order valence-electron chi connectivity index (χ2n) is 8.70. The van der Waals surface area contributed by atoms with Gasteiger partial charge in [0.1, 0.15) is 11.6 Å². The second-order valence-corrected chi connectivity index (χ2v) is 10.9. The quantitative estimate of drug-likeness (QED) is 0.449. The molecule has 2 aromatic carbocycles. The molecule has 4 rings (SSSR count). The molecule has 0 aliphatic heterocycles. The lowest BCUT2D eigenvalue weighted by Crippen LogP contribution is -2.29. The summed E-state index contributed by atoms with van der Waals surface area (Å²) in [5.74, 6) is 0.0988. The molecule has 0 saturated heterocycles. The number of aryl methyl sites for hydroxylation is 1. The number of ether oxygens (including phenoxy) is 1. The maximum absolute atomic E-state index is 13.5. The fourth-order valence-electron chi connectivity index (χ4n) is 3.81. The van der Waals surface area contributed by atoms with Gasteiger partial charge in [-0.2, -0.15) is 0 Å². The molecule has 34 heavy (non-hydrogen) atoms. The fourth-order valence-corrected chi connectivity index (χ4v) is 5.44. The van der Waals surface area contributed by atoms with Gasteiger partial charge in [0.2, 0.25) is 0 Å². The third-order valence-corrected chi connectivity index (χ3v) is 7.64. The highest BCUT2D eigenvalue weighted by Crippen LogP contribution is 2.32. The highest BCUT2D eigenvalue weighted by Gasteiger charge is 2.24. The van der Waals surface area contributed by atoms with Gasteiger partial charge in [-0.25, -0.2) is 17.6 Å². The number of sulfone groups is 1. The van der Waals surface area contributed by atoms with Crippen LogP contribution in [0.5, 0.6) is 5.75 Å². The lowest BCUT2D eigenvalue weighted by molar-refractivity contribution is 0.299. The fraction of sp³-hybridized carbons (Fsp3) is 0.360. The van der Waals surface area contributed by atoms with E-state index in [4.69, 9.17) is 4.74 Å². The molecule has 1 atom stereocenters. The number of nitrogens with zero attached hydrogens (tertiary/aromatic N) is 1. The Morgan fingerprint density at radius 2 is 1.82 bits per heavy atom. The average Bonchev–Trinajstić information content (AvgIpc) is 3.63. The minimum absolute atomic E-state index is 0.131. The normalized spacial score (nSPS) is 14.6. The van der Waals surface area contributed by atoms with Crippen LogP contribution in [0.2, 0.25) is 0 Å². The van der Waals surface area contributed by atoms with E-state index in [1.54, 1.807) is 12.1 Å². The zero-order chi connectivity index (χ0) is 24.1. The molecule has 180 valence electrons. The molecule has 9 heteroatoms. The topological polar surface area (TPSA) is 98.2 Å². The molecular formula is C25H27FN2O5S. The smallest absolute Gasteiger partial charge is 0.328 e. The van der Waals surface area contributed by atoms with E-state index in [9.17, 15) is 22.4 Å². The molecule has 1 fully saturated rings. The lowest BCUT2D eigenvalue weighted by atomic mass is 9.93. The van der Waals surface area contributed by atoms with Gasteiger partial charge in [0, 0.05) is 24.7 Å². The molecule has 0 spiro atoms. The highest BCUT2D eigenvalue weighted by molar-refractivity contribution is 7.91. The van der Waals surface area contributed by atoms with E-state index in [0.29, 0.717) is 23.8 Å². The van der Waals surface area contributed by atoms with Crippen LogP contribution in [-0.4, -0.2) is 36.1 Å². The number of hydrogen-bond acceptors (Lipinski definition) is 5. The molecular weight excluding hydrogens is 459 g/mol. The van der Waals surface area contributed by atoms with E-state index in [0.717, 1.165) is 5.56 Å². The summed E-state index contributed by atoms with van der Waals surface area (Å²) in [6, 6.07) is 14.5. The number of nitrogens with one attached hydrogen (secondary N) is 1. The average molecular weight is 487 g/mol. The molecule has 1 N–H and O–H groups in total. The molecule has 0 unspecified atom stereocenters. The predicted molar refractivity (Wildman–Crippen MR) is 127 cm³/mol. The molecule has 7 nitrogen and oxygen atoms in total. The van der Waals surface area contributed by atoms with Crippen molar-refractivity contribution in [1.29, 1.82) is 0 Å². The molecule has 1 aromatic heterocycles. The van der Waals surface area contributed by atoms with Gasteiger partial charge in [-0.15, -0.1) is 0 Å². The van der Waals surface area contributed by atoms with E-state index in [-0.39, 0.29) is 24.5 Å². The first-order valence-corrected chi connectivity index (χ1v) is 13.1. The SMILES string of the molecule is O=c1ccn(CCCS(=O)(=O)C[C@H](c2ccc(F)cc2)c2cccc(OCC3CC3)c2)c(=O)[nH]1. The van der Waals surface area contributed by atoms with Crippen molar-refractivity contribution in [3.05, 3.63) is 98.6 Å². The van der Waals surface area contributed by atoms with Crippen LogP contribution in [0.4, 0.5) is 4.39 Å². The number of aromatic nitrogens is 2. The molecule has 3 aromatic rings. The van der Waals surface area contributed by atoms with Crippen molar-refractivity contribution in [2.45, 2.75) is 31.7 Å². The number of H-pyrrole nitrogens is 1. The van der Waals surface area contributed by atoms with E-state index in [1.165, 1.54) is 41.8 Å². The standard InChI is InChI=1S/C25H27FN2O5S/c26-21-9-7-19(8-10-21)23(20-3-1-4-22(15-20)33-16-18-5-6-18)17-34(31,32)14-2-12-28-13-11-24(29)27-25(28)30/h1,3-4,7-11,13,15,18,23H,2,5-6,12,14,16-17H2,(H,27,29,30)/t23-/m1/s1. The first kappa shape index (κ1) is 23.9. The summed E-state index contributed by atoms with van der Waals surface area (Å²) in [6.07, 6.45) is 3.90. The van der Waals surface area contributed by atoms with Crippen LogP contribution in [0.25, 0.3) is 0 Å². The zero-order valence-electron chi connectivity index (χ0n) is 18.7. The van der Waals surface area contributed by atoms with Crippen molar-refractivity contribution in [2.75, 3.05) is 18.1 Å². The lowest BCUT2D eigenvalue weighted by Gasteiger charge is -2.19. The van der Waals surface area contributed by atoms with Gasteiger partial charge in [0.15, 0.2) is 9.84 Å². The Morgan fingerprint density at radius 1 is 1.06 bits per heavy atom. The maximum atomic E-state index is 13.5. The summed E-state index contributed by atoms with van der Waals surface area (Å²) in [6.45, 7) is 0.813. The van der Waals surface area contributed by atoms with Gasteiger partial charge in [-0.1, -0.05) is 24.3 Å². The van der Waals surface area contributed by atoms with Crippen molar-refractivity contribution in [2.24, 2.45) is 5.92 Å². The van der Waals surface area contributed by atoms with Crippen LogP contribution in [-0.2, 0) is 16.4 Å². The number of halogens is 1. The molecule has 1 heterocycles. The highest BCUT2D eigenvalue weighted by atomic mass is 32.2. The molecule has 1 aliphatic carbocycles. The number of hydrogen-bond donors (Lipinski definition) is 1. The summed E-state index contributed by atoms with van der Waals surface area (Å²) in [7, 11) is -3.53. The van der Waals surface area contributed by atoms with E-state index < -0.39 is 32.8 Å². The first-order chi connectivity index (χ1) is 16.3. The van der Waals surface area contributed by atoms with Gasteiger partial charge in [0.25, 0.3) is 5.56 Å². The third kappa shape index (κ3) is 6.66. The Kier molecular flexibility index (Phi) is 7.31. The molecule has 0 radical (unpaired) electrons. The van der Waals surface area contributed by atoms with Crippen LogP contribution < -0.4 is 16.0 Å². The van der Waals surface area contributed by atoms with Gasteiger partial charge >= 0.3 is 5.69 Å². The Balaban J connectivity index is 1.50. The van der Waals surface area contributed by atoms with Crippen LogP contribution in [0.1, 0.15) is 36.3 Å². The summed E-state index contributed by atoms with van der Waals surface area (Å²) in [5, 5.41) is 0. The summed E-state index contributed by atoms with van der Waals surface area (Å²) in [4.78, 5) is 25.2. The zero-order valence-corrected chi connectivity index (χ0v) is 19.5. The molecule has 0 bridgehead atoms. The summed E-state index contributed by atoms with van der Waals surface area (Å²) < 4.78 is 46.8. The van der Waals surface area contributed by atoms with Crippen LogP contribution >= 0.6 is 0 Å². The van der Waals surface area contributed by atoms with Crippen LogP contribution in [0.3, 0.4) is 0 Å². The number of rotatable bonds is 11. The Labute approximate surface area is 197 Å². The minimum atomic E-state index is -3.53. The predicted octanol–water partition coefficient (Wildman–Crippen LogP) is 3.10. The monoisotopic (exact) mass is 486 g/mol. The third-order valence-electron chi connectivity index (χ3n) is 5.89. The second kappa shape index (κ2) is 10.4. The van der Waals surface area contributed by atoms with Crippen molar-refractivity contribution in [1.82, 2.24) is 9.55 Å². The van der Waals surface area contributed by atoms with Crippen LogP contribution in [0, 0.1) is 11.7 Å². The Bertz CT molecular complexity index is 1340. The van der Waals surface area contributed by atoms with Gasteiger partial charge in [0.05, 0.1) is 18.1 Å². The Hall–Kier alpha value is -3.20. The number of benzene rings is 2. The van der Waals surface area contributed by atoms with Gasteiger partial charge in [-0.05, 0) is 60.6 Å². The van der Waals surface area contributed by atoms with Crippen molar-refractivity contribution in [3.8, 4) is 5.75 Å². The largest absolute Gasteiger partial charge is 0.493 e. The number of aromatic amines is 1. The van der Waals surface area contributed by atoms with Gasteiger partial charge < -0.3 is 9.30 Å². The Morgan fingerprint density at radius 3 is 2.53 bits per heavy atom. The molecule has 1 saturated carbocycles. The summed E-state index contributed by atoms with van der Waals surface area (Å²) in [5.41, 5.74) is 0.401. The first-order valence-electron chi connectivity index (χ1n) is 11.3.